The second-order valence-corrected chi connectivity index (χ2v) is 8.70. The quantitative estimate of drug-likeness (QED) is 0.106. The molecule has 0 aliphatic rings. The molecule has 0 atom stereocenters. The van der Waals surface area contributed by atoms with E-state index in [0.29, 0.717) is 28.8 Å². The Labute approximate surface area is 209 Å². The maximum absolute atomic E-state index is 11.1. The molecule has 5 nitrogen and oxygen atoms in total. The number of nitrogens with zero attached hydrogens (tertiary/aromatic N) is 1. The smallest absolute Gasteiger partial charge is 0.167 e. The van der Waals surface area contributed by atoms with Gasteiger partial charge in [0.2, 0.25) is 0 Å². The minimum absolute atomic E-state index is 0.0289. The van der Waals surface area contributed by atoms with Crippen molar-refractivity contribution in [1.29, 1.82) is 0 Å². The van der Waals surface area contributed by atoms with Crippen molar-refractivity contribution in [3.8, 4) is 11.5 Å². The molecule has 1 N–H and O–H groups in total. The van der Waals surface area contributed by atoms with Gasteiger partial charge >= 0.3 is 0 Å². The number of hydrogen-bond acceptors (Lipinski definition) is 4. The molecule has 0 saturated heterocycles. The first kappa shape index (κ1) is 26.4. The third-order valence-electron chi connectivity index (χ3n) is 4.31. The van der Waals surface area contributed by atoms with Crippen LogP contribution in [0.3, 0.4) is 0 Å². The number of nitrogens with one attached hydrogen (secondary N) is 1. The van der Waals surface area contributed by atoms with Crippen LogP contribution in [0, 0.1) is 6.92 Å². The van der Waals surface area contributed by atoms with E-state index in [1.807, 2.05) is 62.4 Å². The first-order valence-electron chi connectivity index (χ1n) is 10.4. The van der Waals surface area contributed by atoms with Crippen LogP contribution in [0.15, 0.2) is 82.1 Å². The van der Waals surface area contributed by atoms with Gasteiger partial charge in [0.25, 0.3) is 0 Å². The number of Topliss-reactive ketones (excluding diaryl/α,β-unsaturated/α-hetero) is 1. The highest BCUT2D eigenvalue weighted by Crippen LogP contribution is 2.26. The molecule has 0 aliphatic carbocycles. The Morgan fingerprint density at radius 1 is 1.24 bits per heavy atom. The van der Waals surface area contributed by atoms with Crippen molar-refractivity contribution in [2.75, 3.05) is 6.61 Å². The lowest BCUT2D eigenvalue weighted by Crippen LogP contribution is -2.07. The number of carbonyl (C=O) groups is 1. The van der Waals surface area contributed by atoms with E-state index in [2.05, 4.69) is 32.8 Å². The highest BCUT2D eigenvalue weighted by Gasteiger charge is 2.04. The molecule has 0 radical (unpaired) electrons. The lowest BCUT2D eigenvalue weighted by Gasteiger charge is -2.09. The summed E-state index contributed by atoms with van der Waals surface area (Å²) in [7, 11) is 0. The molecule has 0 heterocycles. The molecular formula is C26H28BrClN2O3. The van der Waals surface area contributed by atoms with E-state index in [-0.39, 0.29) is 12.4 Å². The second-order valence-electron chi connectivity index (χ2n) is 7.44. The van der Waals surface area contributed by atoms with E-state index < -0.39 is 0 Å². The number of halogens is 2. The first-order chi connectivity index (χ1) is 15.8. The number of benzene rings is 2. The van der Waals surface area contributed by atoms with Gasteiger partial charge in [-0.15, -0.1) is 6.58 Å². The minimum atomic E-state index is -0.0289. The maximum Gasteiger partial charge on any atom is 0.167 e. The van der Waals surface area contributed by atoms with E-state index in [9.17, 15) is 4.79 Å². The molecule has 0 bridgehead atoms. The lowest BCUT2D eigenvalue weighted by atomic mass is 10.2. The van der Waals surface area contributed by atoms with Gasteiger partial charge in [0.05, 0.1) is 17.4 Å². The highest BCUT2D eigenvalue weighted by atomic mass is 79.9. The monoisotopic (exact) mass is 530 g/mol. The molecule has 0 saturated carbocycles. The average Bonchev–Trinajstić information content (AvgIpc) is 2.75. The third-order valence-corrected chi connectivity index (χ3v) is 5.36. The van der Waals surface area contributed by atoms with E-state index in [4.69, 9.17) is 21.1 Å². The fourth-order valence-electron chi connectivity index (χ4n) is 2.71. The first-order valence-corrected chi connectivity index (χ1v) is 11.5. The summed E-state index contributed by atoms with van der Waals surface area (Å²) in [5.74, 6) is 1.93. The number of ether oxygens (including phenoxy) is 2. The molecule has 7 heteroatoms. The molecule has 0 aliphatic heterocycles. The Morgan fingerprint density at radius 3 is 2.70 bits per heavy atom. The van der Waals surface area contributed by atoms with Crippen molar-refractivity contribution in [1.82, 2.24) is 5.32 Å². The van der Waals surface area contributed by atoms with Crippen LogP contribution < -0.4 is 14.8 Å². The Bertz CT molecular complexity index is 1080. The van der Waals surface area contributed by atoms with Crippen LogP contribution in [0.4, 0.5) is 0 Å². The van der Waals surface area contributed by atoms with Crippen LogP contribution in [0.2, 0.25) is 5.02 Å². The zero-order valence-electron chi connectivity index (χ0n) is 19.0. The second kappa shape index (κ2) is 13.7. The van der Waals surface area contributed by atoms with Gasteiger partial charge in [-0.25, -0.2) is 0 Å². The van der Waals surface area contributed by atoms with Crippen molar-refractivity contribution in [2.24, 2.45) is 4.99 Å². The number of aryl methyl sites for hydroxylation is 1. The fraction of sp³-hybridized carbons (Fsp3) is 0.231. The summed E-state index contributed by atoms with van der Waals surface area (Å²) in [5.41, 5.74) is 3.05. The predicted molar refractivity (Wildman–Crippen MR) is 139 cm³/mol. The van der Waals surface area contributed by atoms with E-state index in [1.165, 1.54) is 6.92 Å². The van der Waals surface area contributed by atoms with Crippen molar-refractivity contribution >= 4 is 39.7 Å². The summed E-state index contributed by atoms with van der Waals surface area (Å²) < 4.78 is 12.2. The van der Waals surface area contributed by atoms with Crippen LogP contribution in [0.5, 0.6) is 11.5 Å². The zero-order valence-corrected chi connectivity index (χ0v) is 21.4. The maximum atomic E-state index is 11.1. The van der Waals surface area contributed by atoms with Crippen molar-refractivity contribution in [2.45, 2.75) is 33.7 Å². The average molecular weight is 532 g/mol. The van der Waals surface area contributed by atoms with Gasteiger partial charge in [-0.3, -0.25) is 9.79 Å². The van der Waals surface area contributed by atoms with Crippen molar-refractivity contribution in [3.63, 3.8) is 0 Å². The number of hydrogen-bond donors (Lipinski definition) is 1. The van der Waals surface area contributed by atoms with Gasteiger partial charge < -0.3 is 14.8 Å². The minimum Gasteiger partial charge on any atom is -0.485 e. The molecule has 174 valence electrons. The Balaban J connectivity index is 2.03. The Kier molecular flexibility index (Phi) is 10.9. The largest absolute Gasteiger partial charge is 0.485 e. The number of rotatable bonds is 12. The Morgan fingerprint density at radius 2 is 2.03 bits per heavy atom. The van der Waals surface area contributed by atoms with E-state index >= 15 is 0 Å². The lowest BCUT2D eigenvalue weighted by molar-refractivity contribution is -0.118. The van der Waals surface area contributed by atoms with E-state index in [1.54, 1.807) is 12.5 Å². The number of ketones is 1. The molecule has 0 spiro atoms. The SMILES string of the molecule is C=CC/C(C)=C\C(=C\NC=NCc1ccc(OCC(C)=O)c(Br)c1)Oc1ccc(Cl)c(C)c1. The Hall–Kier alpha value is -2.83. The molecule has 0 unspecified atom stereocenters. The summed E-state index contributed by atoms with van der Waals surface area (Å²) in [4.78, 5) is 15.5. The van der Waals surface area contributed by atoms with Crippen LogP contribution in [0.1, 0.15) is 31.4 Å². The zero-order chi connectivity index (χ0) is 24.2. The number of aliphatic imine (C=N–C) groups is 1. The summed E-state index contributed by atoms with van der Waals surface area (Å²) in [6.45, 7) is 9.74. The molecule has 0 fully saturated rings. The van der Waals surface area contributed by atoms with Gasteiger partial charge in [-0.1, -0.05) is 29.3 Å². The summed E-state index contributed by atoms with van der Waals surface area (Å²) in [6, 6.07) is 11.2. The van der Waals surface area contributed by atoms with Gasteiger partial charge in [0.1, 0.15) is 23.9 Å². The van der Waals surface area contributed by atoms with Gasteiger partial charge in [-0.2, -0.15) is 0 Å². The highest BCUT2D eigenvalue weighted by molar-refractivity contribution is 9.10. The predicted octanol–water partition coefficient (Wildman–Crippen LogP) is 6.94. The number of carbonyl (C=O) groups excluding carboxylic acids is 1. The normalized spacial score (nSPS) is 12.0. The van der Waals surface area contributed by atoms with Gasteiger partial charge in [0, 0.05) is 11.2 Å². The third kappa shape index (κ3) is 9.68. The number of allylic oxidation sites excluding steroid dienone is 3. The van der Waals surface area contributed by atoms with Crippen LogP contribution in [-0.4, -0.2) is 18.7 Å². The molecule has 33 heavy (non-hydrogen) atoms. The van der Waals surface area contributed by atoms with Crippen LogP contribution in [-0.2, 0) is 11.3 Å². The molecular weight excluding hydrogens is 504 g/mol. The van der Waals surface area contributed by atoms with Gasteiger partial charge in [-0.05, 0) is 90.7 Å². The van der Waals surface area contributed by atoms with Crippen molar-refractivity contribution < 1.29 is 14.3 Å². The molecule has 0 amide bonds. The molecule has 2 rings (SSSR count). The van der Waals surface area contributed by atoms with Crippen LogP contribution in [0.25, 0.3) is 0 Å². The molecule has 2 aromatic rings. The molecule has 0 aromatic heterocycles. The summed E-state index contributed by atoms with van der Waals surface area (Å²) in [5, 5.41) is 3.76. The fourth-order valence-corrected chi connectivity index (χ4v) is 3.37. The topological polar surface area (TPSA) is 59.9 Å². The summed E-state index contributed by atoms with van der Waals surface area (Å²) >= 11 is 9.58. The van der Waals surface area contributed by atoms with Crippen molar-refractivity contribution in [3.05, 3.63) is 93.3 Å². The van der Waals surface area contributed by atoms with E-state index in [0.717, 1.165) is 27.6 Å². The van der Waals surface area contributed by atoms with Gasteiger partial charge in [0.15, 0.2) is 5.78 Å². The van der Waals surface area contributed by atoms with Crippen LogP contribution >= 0.6 is 27.5 Å². The standard InChI is InChI=1S/C26H28BrClN2O3/c1-5-6-18(2)11-23(33-22-8-9-25(28)19(3)12-22)15-30-17-29-14-21-7-10-26(24(27)13-21)32-16-20(4)31/h5,7-13,15,17H,1,6,14,16H2,2-4H3,(H,29,30)/b18-11-,23-15-. The molecule has 2 aromatic carbocycles. The summed E-state index contributed by atoms with van der Waals surface area (Å²) in [6.07, 6.45) is 7.91.